The highest BCUT2D eigenvalue weighted by Gasteiger charge is 2.37. The van der Waals surface area contributed by atoms with Crippen LogP contribution in [0.2, 0.25) is 0 Å². The van der Waals surface area contributed by atoms with Crippen molar-refractivity contribution in [2.45, 2.75) is 19.4 Å². The number of furan rings is 1. The van der Waals surface area contributed by atoms with E-state index in [0.717, 1.165) is 16.0 Å². The number of esters is 1. The molecule has 1 atom stereocenters. The molecule has 37 heavy (non-hydrogen) atoms. The highest BCUT2D eigenvalue weighted by molar-refractivity contribution is 6.22. The lowest BCUT2D eigenvalue weighted by Gasteiger charge is -2.19. The first-order valence-corrected chi connectivity index (χ1v) is 11.7. The summed E-state index contributed by atoms with van der Waals surface area (Å²) in [5, 5.41) is 5.80. The Bertz CT molecular complexity index is 1440. The molecule has 0 spiro atoms. The lowest BCUT2D eigenvalue weighted by atomic mass is 10.0. The molecule has 2 aliphatic rings. The van der Waals surface area contributed by atoms with Gasteiger partial charge in [-0.1, -0.05) is 35.9 Å². The second kappa shape index (κ2) is 9.69. The van der Waals surface area contributed by atoms with Gasteiger partial charge in [0.2, 0.25) is 0 Å². The molecule has 186 valence electrons. The summed E-state index contributed by atoms with van der Waals surface area (Å²) in [5.74, 6) is -1.72. The van der Waals surface area contributed by atoms with Gasteiger partial charge in [0.15, 0.2) is 6.61 Å². The number of carbonyl (C=O) groups excluding carboxylic acids is 4. The van der Waals surface area contributed by atoms with Gasteiger partial charge >= 0.3 is 5.97 Å². The van der Waals surface area contributed by atoms with Gasteiger partial charge < -0.3 is 9.15 Å². The number of hydrogen-bond donors (Lipinski definition) is 0. The highest BCUT2D eigenvalue weighted by Crippen LogP contribution is 2.33. The van der Waals surface area contributed by atoms with Crippen LogP contribution in [0.15, 0.2) is 83.0 Å². The van der Waals surface area contributed by atoms with Crippen molar-refractivity contribution in [2.24, 2.45) is 5.10 Å². The zero-order valence-electron chi connectivity index (χ0n) is 20.0. The summed E-state index contributed by atoms with van der Waals surface area (Å²) in [7, 11) is 0. The minimum atomic E-state index is -0.796. The summed E-state index contributed by atoms with van der Waals surface area (Å²) in [6.45, 7) is 5.04. The Balaban J connectivity index is 1.31. The van der Waals surface area contributed by atoms with Crippen LogP contribution in [-0.2, 0) is 9.53 Å². The van der Waals surface area contributed by atoms with Gasteiger partial charge in [-0.2, -0.15) is 5.10 Å². The first-order valence-electron chi connectivity index (χ1n) is 11.7. The number of nitrogens with zero attached hydrogens (tertiary/aromatic N) is 3. The standard InChI is InChI=1S/C28H23N3O6/c1-3-12-30-26(33)20-11-10-19(14-21(20)27(30)34)28(35)37-16-25(32)31-23(24-5-4-13-36-24)15-22(29-31)18-8-6-17(2)7-9-18/h3-11,13-14,23H,1,12,15-16H2,2H3. The van der Waals surface area contributed by atoms with Gasteiger partial charge in [-0.25, -0.2) is 9.80 Å². The molecule has 2 aliphatic heterocycles. The summed E-state index contributed by atoms with van der Waals surface area (Å²) in [5.41, 5.74) is 3.08. The van der Waals surface area contributed by atoms with Crippen molar-refractivity contribution in [3.63, 3.8) is 0 Å². The Hall–Kier alpha value is -4.79. The molecule has 0 N–H and O–H groups in total. The van der Waals surface area contributed by atoms with E-state index in [9.17, 15) is 19.2 Å². The molecule has 0 radical (unpaired) electrons. The van der Waals surface area contributed by atoms with Crippen molar-refractivity contribution >= 4 is 29.4 Å². The third-order valence-electron chi connectivity index (χ3n) is 6.27. The van der Waals surface area contributed by atoms with Crippen LogP contribution in [0.1, 0.15) is 60.4 Å². The van der Waals surface area contributed by atoms with Crippen LogP contribution in [0.3, 0.4) is 0 Å². The molecular formula is C28H23N3O6. The minimum Gasteiger partial charge on any atom is -0.467 e. The van der Waals surface area contributed by atoms with Crippen molar-refractivity contribution in [2.75, 3.05) is 13.2 Å². The number of aryl methyl sites for hydroxylation is 1. The molecule has 0 saturated carbocycles. The number of imide groups is 1. The number of hydrazone groups is 1. The van der Waals surface area contributed by atoms with Gasteiger partial charge in [-0.15, -0.1) is 6.58 Å². The molecule has 0 bridgehead atoms. The van der Waals surface area contributed by atoms with E-state index < -0.39 is 36.3 Å². The van der Waals surface area contributed by atoms with E-state index in [1.807, 2.05) is 31.2 Å². The van der Waals surface area contributed by atoms with Gasteiger partial charge in [-0.3, -0.25) is 19.3 Å². The average Bonchev–Trinajstić information content (AvgIpc) is 3.64. The number of fused-ring (bicyclic) bond motifs is 1. The summed E-state index contributed by atoms with van der Waals surface area (Å²) in [6.07, 6.45) is 3.42. The normalized spacial score (nSPS) is 16.6. The Morgan fingerprint density at radius 2 is 1.86 bits per heavy atom. The molecule has 0 aliphatic carbocycles. The Morgan fingerprint density at radius 1 is 1.11 bits per heavy atom. The van der Waals surface area contributed by atoms with E-state index in [2.05, 4.69) is 11.7 Å². The zero-order valence-corrected chi connectivity index (χ0v) is 20.0. The topological polar surface area (TPSA) is 109 Å². The van der Waals surface area contributed by atoms with Crippen LogP contribution < -0.4 is 0 Å². The summed E-state index contributed by atoms with van der Waals surface area (Å²) in [4.78, 5) is 51.8. The van der Waals surface area contributed by atoms with Crippen molar-refractivity contribution in [3.8, 4) is 0 Å². The molecule has 5 rings (SSSR count). The van der Waals surface area contributed by atoms with E-state index in [4.69, 9.17) is 9.15 Å². The second-order valence-corrected chi connectivity index (χ2v) is 8.73. The van der Waals surface area contributed by atoms with Gasteiger partial charge in [0.05, 0.1) is 28.7 Å². The SMILES string of the molecule is C=CCN1C(=O)c2ccc(C(=O)OCC(=O)N3N=C(c4ccc(C)cc4)CC3c3ccco3)cc2C1=O. The molecule has 2 aromatic carbocycles. The molecule has 3 amide bonds. The first kappa shape index (κ1) is 23.9. The largest absolute Gasteiger partial charge is 0.467 e. The first-order chi connectivity index (χ1) is 17.9. The molecule has 9 nitrogen and oxygen atoms in total. The maximum absolute atomic E-state index is 13.1. The number of amides is 3. The fourth-order valence-corrected chi connectivity index (χ4v) is 4.35. The number of benzene rings is 2. The van der Waals surface area contributed by atoms with Gasteiger partial charge in [0.25, 0.3) is 17.7 Å². The fourth-order valence-electron chi connectivity index (χ4n) is 4.35. The third kappa shape index (κ3) is 4.47. The quantitative estimate of drug-likeness (QED) is 0.278. The van der Waals surface area contributed by atoms with Crippen molar-refractivity contribution in [3.05, 3.63) is 107 Å². The van der Waals surface area contributed by atoms with E-state index in [1.54, 1.807) is 12.1 Å². The van der Waals surface area contributed by atoms with Crippen molar-refractivity contribution in [1.29, 1.82) is 0 Å². The Kier molecular flexibility index (Phi) is 6.27. The summed E-state index contributed by atoms with van der Waals surface area (Å²) < 4.78 is 10.8. The predicted molar refractivity (Wildman–Crippen MR) is 133 cm³/mol. The van der Waals surface area contributed by atoms with Crippen molar-refractivity contribution in [1.82, 2.24) is 9.91 Å². The minimum absolute atomic E-state index is 0.0565. The van der Waals surface area contributed by atoms with E-state index in [-0.39, 0.29) is 23.2 Å². The predicted octanol–water partition coefficient (Wildman–Crippen LogP) is 3.90. The molecular weight excluding hydrogens is 474 g/mol. The average molecular weight is 498 g/mol. The van der Waals surface area contributed by atoms with E-state index in [1.165, 1.54) is 35.5 Å². The lowest BCUT2D eigenvalue weighted by molar-refractivity contribution is -0.136. The molecule has 1 aromatic heterocycles. The molecule has 1 unspecified atom stereocenters. The monoisotopic (exact) mass is 497 g/mol. The zero-order chi connectivity index (χ0) is 26.1. The summed E-state index contributed by atoms with van der Waals surface area (Å²) >= 11 is 0. The third-order valence-corrected chi connectivity index (χ3v) is 6.27. The smallest absolute Gasteiger partial charge is 0.338 e. The van der Waals surface area contributed by atoms with Gasteiger partial charge in [0.1, 0.15) is 11.8 Å². The van der Waals surface area contributed by atoms with Crippen LogP contribution in [0.25, 0.3) is 0 Å². The van der Waals surface area contributed by atoms with E-state index in [0.29, 0.717) is 17.9 Å². The summed E-state index contributed by atoms with van der Waals surface area (Å²) in [6, 6.07) is 15.0. The number of ether oxygens (including phenoxy) is 1. The molecule has 0 saturated heterocycles. The number of hydrogen-bond acceptors (Lipinski definition) is 7. The molecule has 3 heterocycles. The Morgan fingerprint density at radius 3 is 2.57 bits per heavy atom. The maximum atomic E-state index is 13.1. The Labute approximate surface area is 212 Å². The number of rotatable bonds is 7. The van der Waals surface area contributed by atoms with Crippen LogP contribution >= 0.6 is 0 Å². The van der Waals surface area contributed by atoms with Crippen LogP contribution in [-0.4, -0.2) is 52.5 Å². The van der Waals surface area contributed by atoms with Crippen molar-refractivity contribution < 1.29 is 28.3 Å². The molecule has 0 fully saturated rings. The molecule has 9 heteroatoms. The number of carbonyl (C=O) groups is 4. The van der Waals surface area contributed by atoms with Crippen LogP contribution in [0, 0.1) is 6.92 Å². The maximum Gasteiger partial charge on any atom is 0.338 e. The lowest BCUT2D eigenvalue weighted by Crippen LogP contribution is -2.31. The fraction of sp³-hybridized carbons (Fsp3) is 0.179. The molecule has 3 aromatic rings. The van der Waals surface area contributed by atoms with Gasteiger partial charge in [-0.05, 0) is 42.8 Å². The van der Waals surface area contributed by atoms with Gasteiger partial charge in [0, 0.05) is 13.0 Å². The highest BCUT2D eigenvalue weighted by atomic mass is 16.5. The van der Waals surface area contributed by atoms with Crippen LogP contribution in [0.5, 0.6) is 0 Å². The van der Waals surface area contributed by atoms with Crippen LogP contribution in [0.4, 0.5) is 0 Å². The van der Waals surface area contributed by atoms with E-state index >= 15 is 0 Å². The second-order valence-electron chi connectivity index (χ2n) is 8.73.